The van der Waals surface area contributed by atoms with Gasteiger partial charge >= 0.3 is 17.2 Å². The molecule has 1 heterocycles. The van der Waals surface area contributed by atoms with Crippen LogP contribution in [0.3, 0.4) is 0 Å². The van der Waals surface area contributed by atoms with Gasteiger partial charge in [-0.15, -0.1) is 0 Å². The molecule has 5 nitrogen and oxygen atoms in total. The van der Waals surface area contributed by atoms with Crippen LogP contribution in [-0.2, 0) is 4.79 Å². The predicted molar refractivity (Wildman–Crippen MR) is 62.7 cm³/mol. The highest BCUT2D eigenvalue weighted by Crippen LogP contribution is 2.10. The van der Waals surface area contributed by atoms with E-state index >= 15 is 0 Å². The quantitative estimate of drug-likeness (QED) is 0.581. The van der Waals surface area contributed by atoms with Crippen molar-refractivity contribution < 1.29 is 14.5 Å². The molecule has 0 atom stereocenters. The fourth-order valence-corrected chi connectivity index (χ4v) is 1.79. The number of benzene rings is 1. The third-order valence-corrected chi connectivity index (χ3v) is 2.60. The van der Waals surface area contributed by atoms with Crippen LogP contribution in [0.4, 0.5) is 0 Å². The van der Waals surface area contributed by atoms with Gasteiger partial charge in [0.2, 0.25) is 0 Å². The molecule has 0 aromatic heterocycles. The lowest BCUT2D eigenvalue weighted by Crippen LogP contribution is -2.22. The van der Waals surface area contributed by atoms with Crippen molar-refractivity contribution in [2.24, 2.45) is 0 Å². The molecule has 0 spiro atoms. The van der Waals surface area contributed by atoms with Crippen LogP contribution in [-0.4, -0.2) is 26.9 Å². The van der Waals surface area contributed by atoms with Crippen LogP contribution in [0.25, 0.3) is 0 Å². The number of hydrogen-bond acceptors (Lipinski definition) is 3. The Balaban J connectivity index is 2.44. The van der Waals surface area contributed by atoms with Gasteiger partial charge in [-0.2, -0.15) is 0 Å². The lowest BCUT2D eigenvalue weighted by atomic mass is 10.0. The van der Waals surface area contributed by atoms with Gasteiger partial charge in [0.05, 0.1) is 15.3 Å². The number of nitrogens with zero attached hydrogens (tertiary/aromatic N) is 2. The highest BCUT2D eigenvalue weighted by molar-refractivity contribution is 6.68. The topological polar surface area (TPSA) is 69.2 Å². The minimum atomic E-state index is -0.469. The molecular weight excluding hydrogens is 220 g/mol. The molecule has 0 saturated carbocycles. The molecule has 0 fully saturated rings. The highest BCUT2D eigenvalue weighted by atomic mass is 16.7. The van der Waals surface area contributed by atoms with E-state index in [2.05, 4.69) is 0 Å². The summed E-state index contributed by atoms with van der Waals surface area (Å²) in [6.07, 6.45) is 0.965. The van der Waals surface area contributed by atoms with E-state index in [1.807, 2.05) is 6.92 Å². The molecular formula is C12H12N2O3. The van der Waals surface area contributed by atoms with Crippen molar-refractivity contribution in [3.63, 3.8) is 0 Å². The van der Waals surface area contributed by atoms with Crippen molar-refractivity contribution in [1.82, 2.24) is 0 Å². The summed E-state index contributed by atoms with van der Waals surface area (Å²) >= 11 is 0. The minimum absolute atomic E-state index is 0.0151. The van der Waals surface area contributed by atoms with Gasteiger partial charge in [-0.3, -0.25) is 4.79 Å². The van der Waals surface area contributed by atoms with Gasteiger partial charge in [0.15, 0.2) is 0 Å². The highest BCUT2D eigenvalue weighted by Gasteiger charge is 2.43. The van der Waals surface area contributed by atoms with Crippen molar-refractivity contribution in [3.8, 4) is 0 Å². The van der Waals surface area contributed by atoms with E-state index in [-0.39, 0.29) is 21.1 Å². The van der Waals surface area contributed by atoms with Gasteiger partial charge in [-0.1, -0.05) is 25.1 Å². The zero-order valence-electron chi connectivity index (χ0n) is 9.42. The van der Waals surface area contributed by atoms with Crippen molar-refractivity contribution in [3.05, 3.63) is 46.3 Å². The molecule has 88 valence electrons. The largest absolute Gasteiger partial charge is 0.561 e. The number of ketones is 1. The first-order chi connectivity index (χ1) is 8.16. The molecule has 0 saturated heterocycles. The number of carbonyl (C=O) groups is 1. The van der Waals surface area contributed by atoms with Crippen LogP contribution in [0.15, 0.2) is 30.3 Å². The summed E-state index contributed by atoms with van der Waals surface area (Å²) in [6.45, 7) is 1.85. The number of hydrazine groups is 1. The van der Waals surface area contributed by atoms with Crippen LogP contribution in [0.5, 0.6) is 0 Å². The zero-order chi connectivity index (χ0) is 12.4. The van der Waals surface area contributed by atoms with Crippen molar-refractivity contribution >= 4 is 17.2 Å². The summed E-state index contributed by atoms with van der Waals surface area (Å²) in [4.78, 5) is 12.2. The Morgan fingerprint density at radius 2 is 1.76 bits per heavy atom. The molecule has 5 heteroatoms. The maximum atomic E-state index is 12.0. The lowest BCUT2D eigenvalue weighted by Gasteiger charge is -1.97. The Bertz CT molecular complexity index is 518. The third-order valence-electron chi connectivity index (χ3n) is 2.60. The van der Waals surface area contributed by atoms with Crippen molar-refractivity contribution in [1.29, 1.82) is 0 Å². The summed E-state index contributed by atoms with van der Waals surface area (Å²) in [7, 11) is 0. The Hall–Kier alpha value is -2.17. The minimum Gasteiger partial charge on any atom is -0.561 e. The van der Waals surface area contributed by atoms with Gasteiger partial charge in [0.1, 0.15) is 0 Å². The van der Waals surface area contributed by atoms with Crippen molar-refractivity contribution in [2.75, 3.05) is 0 Å². The van der Waals surface area contributed by atoms with Crippen LogP contribution in [0.2, 0.25) is 0 Å². The molecule has 0 bridgehead atoms. The lowest BCUT2D eigenvalue weighted by molar-refractivity contribution is -1.05. The average molecular weight is 232 g/mol. The van der Waals surface area contributed by atoms with Gasteiger partial charge in [0.25, 0.3) is 0 Å². The SMILES string of the molecule is CCCC1=[N+]([O-])[N+]([O-])=C(c2ccccc2)C1=O. The van der Waals surface area contributed by atoms with Gasteiger partial charge < -0.3 is 10.4 Å². The third kappa shape index (κ3) is 1.80. The smallest absolute Gasteiger partial charge is 0.348 e. The van der Waals surface area contributed by atoms with E-state index in [1.165, 1.54) is 0 Å². The first kappa shape index (κ1) is 11.3. The van der Waals surface area contributed by atoms with E-state index in [1.54, 1.807) is 30.3 Å². The van der Waals surface area contributed by atoms with Crippen LogP contribution in [0.1, 0.15) is 25.3 Å². The van der Waals surface area contributed by atoms with Crippen LogP contribution >= 0.6 is 0 Å². The van der Waals surface area contributed by atoms with E-state index in [9.17, 15) is 15.2 Å². The Morgan fingerprint density at radius 1 is 1.12 bits per heavy atom. The Labute approximate surface area is 98.5 Å². The molecule has 0 amide bonds. The summed E-state index contributed by atoms with van der Waals surface area (Å²) in [6, 6.07) is 8.50. The van der Waals surface area contributed by atoms with Gasteiger partial charge in [-0.25, -0.2) is 0 Å². The Kier molecular flexibility index (Phi) is 2.91. The summed E-state index contributed by atoms with van der Waals surface area (Å²) < 4.78 is 0. The average Bonchev–Trinajstić information content (AvgIpc) is 2.55. The van der Waals surface area contributed by atoms with E-state index in [0.717, 1.165) is 0 Å². The number of rotatable bonds is 3. The van der Waals surface area contributed by atoms with E-state index in [0.29, 0.717) is 18.4 Å². The van der Waals surface area contributed by atoms with E-state index < -0.39 is 5.78 Å². The molecule has 2 rings (SSSR count). The molecule has 17 heavy (non-hydrogen) atoms. The molecule has 1 aromatic carbocycles. The van der Waals surface area contributed by atoms with Crippen molar-refractivity contribution in [2.45, 2.75) is 19.8 Å². The number of carbonyl (C=O) groups excluding carboxylic acids is 1. The van der Waals surface area contributed by atoms with E-state index in [4.69, 9.17) is 0 Å². The normalized spacial score (nSPS) is 15.9. The molecule has 0 N–H and O–H groups in total. The molecule has 1 aliphatic heterocycles. The predicted octanol–water partition coefficient (Wildman–Crippen LogP) is 1.24. The molecule has 0 radical (unpaired) electrons. The first-order valence-corrected chi connectivity index (χ1v) is 5.44. The molecule has 0 unspecified atom stereocenters. The fraction of sp³-hybridized carbons (Fsp3) is 0.250. The summed E-state index contributed by atoms with van der Waals surface area (Å²) in [5.74, 6) is -0.469. The van der Waals surface area contributed by atoms with Gasteiger partial charge in [0, 0.05) is 6.42 Å². The maximum Gasteiger partial charge on any atom is 0.348 e. The molecule has 0 aliphatic carbocycles. The molecule has 1 aliphatic rings. The van der Waals surface area contributed by atoms with Crippen LogP contribution < -0.4 is 0 Å². The zero-order valence-corrected chi connectivity index (χ0v) is 9.42. The summed E-state index contributed by atoms with van der Waals surface area (Å²) in [5.41, 5.74) is 0.393. The number of Topliss-reactive ketones (excluding diaryl/α,β-unsaturated/α-hetero) is 1. The number of hydrogen-bond donors (Lipinski definition) is 0. The maximum absolute atomic E-state index is 12.0. The van der Waals surface area contributed by atoms with Crippen LogP contribution in [0, 0.1) is 10.4 Å². The standard InChI is InChI=1S/C12H12N2O3/c1-2-6-10-12(15)11(14(17)13(10)16)9-7-4-3-5-8-9/h3-5,7-8H,2,6H2,1H3. The second-order valence-corrected chi connectivity index (χ2v) is 3.79. The Morgan fingerprint density at radius 3 is 2.35 bits per heavy atom. The number of hydrazone groups is 2. The summed E-state index contributed by atoms with van der Waals surface area (Å²) in [5, 5.41) is 23.2. The van der Waals surface area contributed by atoms with Gasteiger partial charge in [-0.05, 0) is 18.6 Å². The monoisotopic (exact) mass is 232 g/mol. The second kappa shape index (κ2) is 4.37. The second-order valence-electron chi connectivity index (χ2n) is 3.79. The fourth-order valence-electron chi connectivity index (χ4n) is 1.79. The first-order valence-electron chi connectivity index (χ1n) is 5.44. The molecule has 1 aromatic rings.